The molecule has 3 nitrogen and oxygen atoms in total. The highest BCUT2D eigenvalue weighted by atomic mass is 16.2. The van der Waals surface area contributed by atoms with Crippen LogP contribution in [-0.4, -0.2) is 36.5 Å². The van der Waals surface area contributed by atoms with Crippen molar-refractivity contribution < 1.29 is 4.79 Å². The first-order valence-corrected chi connectivity index (χ1v) is 6.59. The molecule has 0 spiro atoms. The van der Waals surface area contributed by atoms with E-state index in [-0.39, 0.29) is 11.4 Å². The highest BCUT2D eigenvalue weighted by Gasteiger charge is 2.30. The van der Waals surface area contributed by atoms with Crippen LogP contribution in [0, 0.1) is 6.92 Å². The van der Waals surface area contributed by atoms with Crippen LogP contribution in [0.4, 0.5) is 0 Å². The molecule has 98 valence electrons. The summed E-state index contributed by atoms with van der Waals surface area (Å²) in [6, 6.07) is 7.83. The predicted molar refractivity (Wildman–Crippen MR) is 73.8 cm³/mol. The fraction of sp³-hybridized carbons (Fsp3) is 0.533. The van der Waals surface area contributed by atoms with Crippen molar-refractivity contribution in [3.8, 4) is 0 Å². The normalized spacial score (nSPS) is 18.7. The van der Waals surface area contributed by atoms with E-state index in [9.17, 15) is 4.79 Å². The van der Waals surface area contributed by atoms with Crippen molar-refractivity contribution in [3.05, 3.63) is 35.4 Å². The SMILES string of the molecule is CNC1(C)CCN(C(=O)c2ccc(C)cc2)CC1. The Kier molecular flexibility index (Phi) is 3.71. The molecule has 0 saturated carbocycles. The maximum atomic E-state index is 12.3. The summed E-state index contributed by atoms with van der Waals surface area (Å²) in [5.41, 5.74) is 2.17. The molecule has 18 heavy (non-hydrogen) atoms. The molecule has 1 amide bonds. The Morgan fingerprint density at radius 3 is 2.28 bits per heavy atom. The molecule has 0 radical (unpaired) electrons. The second-order valence-corrected chi connectivity index (χ2v) is 5.47. The topological polar surface area (TPSA) is 32.3 Å². The van der Waals surface area contributed by atoms with Crippen LogP contribution in [-0.2, 0) is 0 Å². The van der Waals surface area contributed by atoms with Crippen LogP contribution in [0.5, 0.6) is 0 Å². The van der Waals surface area contributed by atoms with E-state index in [0.717, 1.165) is 31.5 Å². The third-order valence-electron chi connectivity index (χ3n) is 4.06. The second kappa shape index (κ2) is 5.11. The summed E-state index contributed by atoms with van der Waals surface area (Å²) < 4.78 is 0. The smallest absolute Gasteiger partial charge is 0.253 e. The Bertz CT molecular complexity index is 417. The largest absolute Gasteiger partial charge is 0.339 e. The predicted octanol–water partition coefficient (Wildman–Crippen LogP) is 2.21. The third-order valence-corrected chi connectivity index (χ3v) is 4.06. The van der Waals surface area contributed by atoms with Crippen molar-refractivity contribution in [2.75, 3.05) is 20.1 Å². The van der Waals surface area contributed by atoms with E-state index in [4.69, 9.17) is 0 Å². The summed E-state index contributed by atoms with van der Waals surface area (Å²) in [6.45, 7) is 5.93. The average molecular weight is 246 g/mol. The summed E-state index contributed by atoms with van der Waals surface area (Å²) in [4.78, 5) is 14.3. The van der Waals surface area contributed by atoms with E-state index in [1.165, 1.54) is 5.56 Å². The van der Waals surface area contributed by atoms with E-state index in [1.54, 1.807) is 0 Å². The molecule has 1 aromatic rings. The quantitative estimate of drug-likeness (QED) is 0.867. The number of hydrogen-bond acceptors (Lipinski definition) is 2. The number of carbonyl (C=O) groups is 1. The Morgan fingerprint density at radius 1 is 1.22 bits per heavy atom. The molecule has 0 aromatic heterocycles. The van der Waals surface area contributed by atoms with Gasteiger partial charge in [-0.1, -0.05) is 17.7 Å². The number of rotatable bonds is 2. The molecule has 2 rings (SSSR count). The second-order valence-electron chi connectivity index (χ2n) is 5.47. The maximum absolute atomic E-state index is 12.3. The van der Waals surface area contributed by atoms with Gasteiger partial charge in [0, 0.05) is 24.2 Å². The molecule has 1 heterocycles. The molecule has 1 fully saturated rings. The van der Waals surface area contributed by atoms with Gasteiger partial charge in [0.15, 0.2) is 0 Å². The molecule has 1 aliphatic rings. The third kappa shape index (κ3) is 2.72. The van der Waals surface area contributed by atoms with Crippen molar-refractivity contribution >= 4 is 5.91 Å². The fourth-order valence-electron chi connectivity index (χ4n) is 2.33. The molecule has 0 bridgehead atoms. The van der Waals surface area contributed by atoms with Crippen molar-refractivity contribution in [3.63, 3.8) is 0 Å². The lowest BCUT2D eigenvalue weighted by Crippen LogP contribution is -2.51. The number of nitrogens with one attached hydrogen (secondary N) is 1. The zero-order chi connectivity index (χ0) is 13.2. The molecule has 1 N–H and O–H groups in total. The lowest BCUT2D eigenvalue weighted by molar-refractivity contribution is 0.0662. The molecule has 3 heteroatoms. The number of piperidine rings is 1. The minimum atomic E-state index is 0.160. The molecular weight excluding hydrogens is 224 g/mol. The summed E-state index contributed by atoms with van der Waals surface area (Å²) in [6.07, 6.45) is 2.03. The van der Waals surface area contributed by atoms with Crippen molar-refractivity contribution in [1.29, 1.82) is 0 Å². The van der Waals surface area contributed by atoms with Gasteiger partial charge in [-0.25, -0.2) is 0 Å². The Hall–Kier alpha value is -1.35. The van der Waals surface area contributed by atoms with E-state index in [0.29, 0.717) is 0 Å². The van der Waals surface area contributed by atoms with E-state index in [2.05, 4.69) is 12.2 Å². The number of benzene rings is 1. The maximum Gasteiger partial charge on any atom is 0.253 e. The monoisotopic (exact) mass is 246 g/mol. The van der Waals surface area contributed by atoms with Crippen molar-refractivity contribution in [2.45, 2.75) is 32.2 Å². The van der Waals surface area contributed by atoms with Crippen LogP contribution in [0.3, 0.4) is 0 Å². The number of likely N-dealkylation sites (tertiary alicyclic amines) is 1. The van der Waals surface area contributed by atoms with Crippen LogP contribution in [0.15, 0.2) is 24.3 Å². The molecule has 1 aromatic carbocycles. The Morgan fingerprint density at radius 2 is 1.78 bits per heavy atom. The van der Waals surface area contributed by atoms with Gasteiger partial charge in [0.2, 0.25) is 0 Å². The summed E-state index contributed by atoms with van der Waals surface area (Å²) in [5.74, 6) is 0.160. The molecule has 0 unspecified atom stereocenters. The van der Waals surface area contributed by atoms with Gasteiger partial charge >= 0.3 is 0 Å². The highest BCUT2D eigenvalue weighted by molar-refractivity contribution is 5.94. The summed E-state index contributed by atoms with van der Waals surface area (Å²) in [5, 5.41) is 3.35. The van der Waals surface area contributed by atoms with Crippen LogP contribution in [0.2, 0.25) is 0 Å². The van der Waals surface area contributed by atoms with E-state index >= 15 is 0 Å². The van der Waals surface area contributed by atoms with Crippen LogP contribution in [0.1, 0.15) is 35.7 Å². The average Bonchev–Trinajstić information content (AvgIpc) is 2.40. The van der Waals surface area contributed by atoms with Gasteiger partial charge in [-0.2, -0.15) is 0 Å². The standard InChI is InChI=1S/C15H22N2O/c1-12-4-6-13(7-5-12)14(18)17-10-8-15(2,16-3)9-11-17/h4-7,16H,8-11H2,1-3H3. The zero-order valence-electron chi connectivity index (χ0n) is 11.5. The van der Waals surface area contributed by atoms with Gasteiger partial charge < -0.3 is 10.2 Å². The van der Waals surface area contributed by atoms with E-state index < -0.39 is 0 Å². The fourth-order valence-corrected chi connectivity index (χ4v) is 2.33. The summed E-state index contributed by atoms with van der Waals surface area (Å²) >= 11 is 0. The van der Waals surface area contributed by atoms with Crippen LogP contribution in [0.25, 0.3) is 0 Å². The first-order chi connectivity index (χ1) is 8.54. The Labute approximate surface area is 109 Å². The van der Waals surface area contributed by atoms with Gasteiger partial charge in [-0.3, -0.25) is 4.79 Å². The van der Waals surface area contributed by atoms with Gasteiger partial charge in [0.1, 0.15) is 0 Å². The lowest BCUT2D eigenvalue weighted by Gasteiger charge is -2.39. The minimum absolute atomic E-state index is 0.160. The molecule has 0 aliphatic carbocycles. The van der Waals surface area contributed by atoms with Gasteiger partial charge in [0.25, 0.3) is 5.91 Å². The first kappa shape index (κ1) is 13.1. The first-order valence-electron chi connectivity index (χ1n) is 6.59. The molecule has 0 atom stereocenters. The van der Waals surface area contributed by atoms with Crippen LogP contribution < -0.4 is 5.32 Å². The number of aryl methyl sites for hydroxylation is 1. The van der Waals surface area contributed by atoms with Gasteiger partial charge in [-0.05, 0) is 45.9 Å². The summed E-state index contributed by atoms with van der Waals surface area (Å²) in [7, 11) is 2.00. The molecular formula is C15H22N2O. The zero-order valence-corrected chi connectivity index (χ0v) is 11.5. The van der Waals surface area contributed by atoms with E-state index in [1.807, 2.05) is 43.1 Å². The van der Waals surface area contributed by atoms with Crippen molar-refractivity contribution in [1.82, 2.24) is 10.2 Å². The van der Waals surface area contributed by atoms with Gasteiger partial charge in [0.05, 0.1) is 0 Å². The Balaban J connectivity index is 2.01. The lowest BCUT2D eigenvalue weighted by atomic mass is 9.89. The number of hydrogen-bond donors (Lipinski definition) is 1. The molecule has 1 aliphatic heterocycles. The van der Waals surface area contributed by atoms with Crippen LogP contribution >= 0.6 is 0 Å². The number of carbonyl (C=O) groups excluding carboxylic acids is 1. The number of nitrogens with zero attached hydrogens (tertiary/aromatic N) is 1. The van der Waals surface area contributed by atoms with Gasteiger partial charge in [-0.15, -0.1) is 0 Å². The highest BCUT2D eigenvalue weighted by Crippen LogP contribution is 2.22. The minimum Gasteiger partial charge on any atom is -0.339 e. The van der Waals surface area contributed by atoms with Crippen molar-refractivity contribution in [2.24, 2.45) is 0 Å². The molecule has 1 saturated heterocycles. The number of amides is 1.